The van der Waals surface area contributed by atoms with E-state index >= 15 is 0 Å². The van der Waals surface area contributed by atoms with Gasteiger partial charge in [0.05, 0.1) is 10.4 Å². The van der Waals surface area contributed by atoms with Crippen LogP contribution in [0.25, 0.3) is 0 Å². The van der Waals surface area contributed by atoms with Gasteiger partial charge in [-0.05, 0) is 49.6 Å². The van der Waals surface area contributed by atoms with Crippen molar-refractivity contribution in [2.75, 3.05) is 25.4 Å². The predicted octanol–water partition coefficient (Wildman–Crippen LogP) is 4.43. The number of rotatable bonds is 6. The number of hydrogen-bond donors (Lipinski definition) is 1. The Kier molecular flexibility index (Phi) is 6.66. The molecule has 1 aliphatic heterocycles. The third-order valence-corrected chi connectivity index (χ3v) is 6.68. The first kappa shape index (κ1) is 18.9. The summed E-state index contributed by atoms with van der Waals surface area (Å²) in [5, 5.41) is 10.4. The van der Waals surface area contributed by atoms with Gasteiger partial charge in [0.2, 0.25) is 0 Å². The van der Waals surface area contributed by atoms with E-state index in [0.717, 1.165) is 61.0 Å². The Labute approximate surface area is 153 Å². The Morgan fingerprint density at radius 3 is 2.91 bits per heavy atom. The van der Waals surface area contributed by atoms with Crippen LogP contribution in [0.5, 0.6) is 0 Å². The van der Waals surface area contributed by atoms with Crippen LogP contribution in [-0.2, 0) is 4.79 Å². The highest BCUT2D eigenvalue weighted by Gasteiger charge is 2.54. The van der Waals surface area contributed by atoms with Crippen molar-refractivity contribution in [2.45, 2.75) is 30.6 Å². The van der Waals surface area contributed by atoms with Crippen LogP contribution in [0.2, 0.25) is 5.02 Å². The van der Waals surface area contributed by atoms with E-state index in [9.17, 15) is 9.90 Å². The van der Waals surface area contributed by atoms with Gasteiger partial charge in [0.15, 0.2) is 0 Å². The van der Waals surface area contributed by atoms with Crippen LogP contribution in [0.1, 0.15) is 25.7 Å². The summed E-state index contributed by atoms with van der Waals surface area (Å²) in [6.07, 6.45) is 4.08. The van der Waals surface area contributed by atoms with Crippen LogP contribution in [-0.4, -0.2) is 41.4 Å². The van der Waals surface area contributed by atoms with Crippen LogP contribution < -0.4 is 0 Å². The molecular formula is C17H23Cl2NO2S. The molecule has 3 rings (SSSR count). The molecule has 0 unspecified atom stereocenters. The first-order chi connectivity index (χ1) is 10.6. The summed E-state index contributed by atoms with van der Waals surface area (Å²) < 4.78 is 0. The van der Waals surface area contributed by atoms with E-state index in [4.69, 9.17) is 11.6 Å². The lowest BCUT2D eigenvalue weighted by molar-refractivity contribution is -0.149. The highest BCUT2D eigenvalue weighted by atomic mass is 35.5. The fourth-order valence-electron chi connectivity index (χ4n) is 3.95. The summed E-state index contributed by atoms with van der Waals surface area (Å²) in [4.78, 5) is 15.1. The average Bonchev–Trinajstić information content (AvgIpc) is 3.03. The van der Waals surface area contributed by atoms with Gasteiger partial charge in [-0.1, -0.05) is 30.2 Å². The topological polar surface area (TPSA) is 40.5 Å². The molecule has 1 heterocycles. The van der Waals surface area contributed by atoms with Crippen LogP contribution in [0.4, 0.5) is 0 Å². The van der Waals surface area contributed by atoms with Crippen molar-refractivity contribution in [3.05, 3.63) is 29.3 Å². The highest BCUT2D eigenvalue weighted by Crippen LogP contribution is 2.48. The van der Waals surface area contributed by atoms with E-state index in [1.807, 2.05) is 24.3 Å². The third kappa shape index (κ3) is 3.98. The van der Waals surface area contributed by atoms with Crippen LogP contribution >= 0.6 is 35.8 Å². The Balaban J connectivity index is 0.00000192. The minimum Gasteiger partial charge on any atom is -0.481 e. The molecule has 0 amide bonds. The molecule has 1 aromatic rings. The molecule has 3 nitrogen and oxygen atoms in total. The van der Waals surface area contributed by atoms with Gasteiger partial charge in [-0.2, -0.15) is 0 Å². The molecule has 2 aliphatic rings. The number of halogens is 2. The Morgan fingerprint density at radius 1 is 1.43 bits per heavy atom. The monoisotopic (exact) mass is 375 g/mol. The number of carboxylic acid groups (broad SMARTS) is 1. The van der Waals surface area contributed by atoms with Crippen molar-refractivity contribution in [3.8, 4) is 0 Å². The number of aliphatic carboxylic acids is 1. The SMILES string of the molecule is Cl.O=C(O)[C@@]12CCC[C@H]1CN(CCCSc1ccccc1Cl)C2. The van der Waals surface area contributed by atoms with E-state index in [2.05, 4.69) is 4.90 Å². The Bertz CT molecular complexity index is 557. The van der Waals surface area contributed by atoms with E-state index in [1.54, 1.807) is 11.8 Å². The molecule has 1 saturated heterocycles. The lowest BCUT2D eigenvalue weighted by Gasteiger charge is -2.23. The summed E-state index contributed by atoms with van der Waals surface area (Å²) in [6, 6.07) is 7.92. The molecule has 1 aliphatic carbocycles. The standard InChI is InChI=1S/C17H22ClNO2S.ClH/c18-14-6-1-2-7-15(14)22-10-4-9-19-11-13-5-3-8-17(13,12-19)16(20)21;/h1-2,6-7,13H,3-5,8-12H2,(H,20,21);1H/t13-,17+;/m0./s1. The van der Waals surface area contributed by atoms with Crippen LogP contribution in [0.15, 0.2) is 29.2 Å². The first-order valence-electron chi connectivity index (χ1n) is 7.95. The molecule has 0 bridgehead atoms. The van der Waals surface area contributed by atoms with Gasteiger partial charge < -0.3 is 10.0 Å². The second-order valence-electron chi connectivity index (χ2n) is 6.42. The molecule has 0 aromatic heterocycles. The number of benzene rings is 1. The quantitative estimate of drug-likeness (QED) is 0.589. The van der Waals surface area contributed by atoms with Gasteiger partial charge in [0.25, 0.3) is 0 Å². The van der Waals surface area contributed by atoms with Crippen molar-refractivity contribution < 1.29 is 9.90 Å². The van der Waals surface area contributed by atoms with E-state index in [1.165, 1.54) is 0 Å². The summed E-state index contributed by atoms with van der Waals surface area (Å²) >= 11 is 7.93. The number of likely N-dealkylation sites (tertiary alicyclic amines) is 1. The van der Waals surface area contributed by atoms with E-state index in [0.29, 0.717) is 5.92 Å². The number of nitrogens with zero attached hydrogens (tertiary/aromatic N) is 1. The van der Waals surface area contributed by atoms with Crippen LogP contribution in [0.3, 0.4) is 0 Å². The molecule has 2 fully saturated rings. The number of fused-ring (bicyclic) bond motifs is 1. The molecule has 23 heavy (non-hydrogen) atoms. The molecule has 1 saturated carbocycles. The van der Waals surface area contributed by atoms with Gasteiger partial charge in [-0.25, -0.2) is 0 Å². The van der Waals surface area contributed by atoms with E-state index in [-0.39, 0.29) is 12.4 Å². The molecule has 128 valence electrons. The first-order valence-corrected chi connectivity index (χ1v) is 9.31. The number of thioether (sulfide) groups is 1. The maximum absolute atomic E-state index is 11.7. The van der Waals surface area contributed by atoms with Gasteiger partial charge in [0.1, 0.15) is 0 Å². The zero-order valence-corrected chi connectivity index (χ0v) is 15.4. The summed E-state index contributed by atoms with van der Waals surface area (Å²) in [5.41, 5.74) is -0.449. The predicted molar refractivity (Wildman–Crippen MR) is 97.9 cm³/mol. The summed E-state index contributed by atoms with van der Waals surface area (Å²) in [5.74, 6) is 0.800. The molecule has 6 heteroatoms. The third-order valence-electron chi connectivity index (χ3n) is 5.08. The zero-order chi connectivity index (χ0) is 15.6. The normalized spacial score (nSPS) is 26.7. The molecule has 1 N–H and O–H groups in total. The molecular weight excluding hydrogens is 353 g/mol. The molecule has 0 spiro atoms. The van der Waals surface area contributed by atoms with Crippen LogP contribution in [0, 0.1) is 11.3 Å². The smallest absolute Gasteiger partial charge is 0.311 e. The molecule has 1 aromatic carbocycles. The highest BCUT2D eigenvalue weighted by molar-refractivity contribution is 7.99. The molecule has 0 radical (unpaired) electrons. The number of hydrogen-bond acceptors (Lipinski definition) is 3. The van der Waals surface area contributed by atoms with Gasteiger partial charge in [0, 0.05) is 18.0 Å². The number of carboxylic acids is 1. The van der Waals surface area contributed by atoms with Crippen molar-refractivity contribution in [3.63, 3.8) is 0 Å². The second-order valence-corrected chi connectivity index (χ2v) is 7.96. The Hall–Kier alpha value is -0.420. The van der Waals surface area contributed by atoms with Gasteiger partial charge >= 0.3 is 5.97 Å². The lowest BCUT2D eigenvalue weighted by Crippen LogP contribution is -2.35. The summed E-state index contributed by atoms with van der Waals surface area (Å²) in [7, 11) is 0. The van der Waals surface area contributed by atoms with Gasteiger partial charge in [-0.15, -0.1) is 24.2 Å². The van der Waals surface area contributed by atoms with Crippen molar-refractivity contribution in [2.24, 2.45) is 11.3 Å². The van der Waals surface area contributed by atoms with Crippen molar-refractivity contribution in [1.29, 1.82) is 0 Å². The maximum Gasteiger partial charge on any atom is 0.311 e. The fourth-order valence-corrected chi connectivity index (χ4v) is 5.12. The minimum atomic E-state index is -0.581. The van der Waals surface area contributed by atoms with E-state index < -0.39 is 11.4 Å². The average molecular weight is 376 g/mol. The lowest BCUT2D eigenvalue weighted by atomic mass is 9.81. The molecule has 2 atom stereocenters. The van der Waals surface area contributed by atoms with Gasteiger partial charge in [-0.3, -0.25) is 4.79 Å². The Morgan fingerprint density at radius 2 is 2.22 bits per heavy atom. The zero-order valence-electron chi connectivity index (χ0n) is 13.0. The fraction of sp³-hybridized carbons (Fsp3) is 0.588. The maximum atomic E-state index is 11.7. The minimum absolute atomic E-state index is 0. The van der Waals surface area contributed by atoms with Crippen molar-refractivity contribution in [1.82, 2.24) is 4.90 Å². The second kappa shape index (κ2) is 8.11. The van der Waals surface area contributed by atoms with Crippen molar-refractivity contribution >= 4 is 41.7 Å². The number of carbonyl (C=O) groups is 1. The summed E-state index contributed by atoms with van der Waals surface area (Å²) in [6.45, 7) is 2.69. The largest absolute Gasteiger partial charge is 0.481 e.